The predicted octanol–water partition coefficient (Wildman–Crippen LogP) is 7.71. The Morgan fingerprint density at radius 3 is 1.92 bits per heavy atom. The van der Waals surface area contributed by atoms with E-state index in [0.29, 0.717) is 0 Å². The zero-order valence-corrected chi connectivity index (χ0v) is 22.5. The molecule has 0 aromatic heterocycles. The van der Waals surface area contributed by atoms with Crippen molar-refractivity contribution in [3.63, 3.8) is 0 Å². The quantitative estimate of drug-likeness (QED) is 0.434. The van der Waals surface area contributed by atoms with E-state index < -0.39 is 9.17 Å². The molecule has 0 bridgehead atoms. The predicted molar refractivity (Wildman–Crippen MR) is 129 cm³/mol. The van der Waals surface area contributed by atoms with Crippen molar-refractivity contribution in [1.29, 1.82) is 0 Å². The third-order valence-corrected chi connectivity index (χ3v) is 19.6. The molecule has 0 atom stereocenters. The van der Waals surface area contributed by atoms with E-state index in [9.17, 15) is 0 Å². The Bertz CT molecular complexity index is 934. The van der Waals surface area contributed by atoms with Gasteiger partial charge in [0.15, 0.2) is 0 Å². The molecular weight excluding hydrogens is 413 g/mol. The summed E-state index contributed by atoms with van der Waals surface area (Å²) >= 11 is 0. The summed E-state index contributed by atoms with van der Waals surface area (Å²) in [5.74, 6) is 0. The molecule has 2 rings (SSSR count). The molecule has 1 aromatic rings. The van der Waals surface area contributed by atoms with Crippen molar-refractivity contribution in [2.75, 3.05) is 3.80 Å². The summed E-state index contributed by atoms with van der Waals surface area (Å²) < 4.78 is 5.71. The van der Waals surface area contributed by atoms with Gasteiger partial charge in [0.2, 0.25) is 0 Å². The topological polar surface area (TPSA) is 12.0 Å². The second-order valence-electron chi connectivity index (χ2n) is 17.3. The van der Waals surface area contributed by atoms with Gasteiger partial charge in [0.05, 0.1) is 0 Å². The fraction of sp³-hybridized carbons (Fsp3) is 0.524. The molecular formula is C21H41Cl2NSiTi. The minimum Gasteiger partial charge on any atom is -0.147 e. The number of hydrogen-bond acceptors (Lipinski definition) is 1. The fourth-order valence-corrected chi connectivity index (χ4v) is 14.2. The summed E-state index contributed by atoms with van der Waals surface area (Å²) in [6.45, 7) is 2.25. The molecule has 0 aliphatic heterocycles. The Hall–Kier alpha value is 0.0112. The van der Waals surface area contributed by atoms with Crippen LogP contribution in [0.4, 0.5) is 5.69 Å². The number of hydrogen-bond donors (Lipinski definition) is 1. The van der Waals surface area contributed by atoms with Crippen molar-refractivity contribution in [2.24, 2.45) is 0 Å². The monoisotopic (exact) mass is 453 g/mol. The van der Waals surface area contributed by atoms with Crippen LogP contribution in [0.5, 0.6) is 0 Å². The van der Waals surface area contributed by atoms with Gasteiger partial charge in [-0.2, -0.15) is 0 Å². The Morgan fingerprint density at radius 2 is 1.50 bits per heavy atom. The Kier molecular flexibility index (Phi) is 4.44. The Morgan fingerprint density at radius 1 is 0.962 bits per heavy atom. The average Bonchev–Trinajstić information content (AvgIpc) is 2.91. The van der Waals surface area contributed by atoms with E-state index in [1.54, 1.807) is 0 Å². The normalized spacial score (nSPS) is 21.8. The van der Waals surface area contributed by atoms with Crippen LogP contribution in [0.2, 0.25) is 31.4 Å². The number of halogens is 2. The van der Waals surface area contributed by atoms with Crippen LogP contribution in [0.15, 0.2) is 46.4 Å². The first kappa shape index (κ1) is 26.0. The molecule has 0 unspecified atom stereocenters. The van der Waals surface area contributed by atoms with Crippen molar-refractivity contribution >= 4 is 38.1 Å². The molecule has 0 spiro atoms. The van der Waals surface area contributed by atoms with E-state index >= 15 is 0 Å². The van der Waals surface area contributed by atoms with Gasteiger partial charge in [-0.05, 0) is 0 Å². The Balaban J connectivity index is 0.00000312. The molecule has 26 heavy (non-hydrogen) atoms. The fourth-order valence-electron chi connectivity index (χ4n) is 4.04. The zero-order chi connectivity index (χ0) is 18.6. The van der Waals surface area contributed by atoms with E-state index in [0.717, 1.165) is 6.42 Å². The third-order valence-electron chi connectivity index (χ3n) is 5.90. The maximum Gasteiger partial charge on any atom is -0.147 e. The maximum atomic E-state index is 4.18. The van der Waals surface area contributed by atoms with Gasteiger partial charge in [0.1, 0.15) is 0 Å². The molecule has 0 saturated heterocycles. The molecule has 1 aliphatic carbocycles. The van der Waals surface area contributed by atoms with E-state index in [4.69, 9.17) is 0 Å². The maximum absolute atomic E-state index is 5.00. The van der Waals surface area contributed by atoms with Gasteiger partial charge in [0.25, 0.3) is 0 Å². The number of unbranched alkanes of at least 4 members (excludes halogenated alkanes) is 1. The van der Waals surface area contributed by atoms with Gasteiger partial charge in [0, 0.05) is 0 Å². The largest absolute Gasteiger partial charge is 0.147 e. The zero-order valence-electron chi connectivity index (χ0n) is 17.9. The van der Waals surface area contributed by atoms with Crippen molar-refractivity contribution in [1.82, 2.24) is 0 Å². The van der Waals surface area contributed by atoms with Gasteiger partial charge >= 0.3 is 142 Å². The molecule has 0 fully saturated rings. The average molecular weight is 454 g/mol. The number of aryl methyl sites for hydroxylation is 1. The molecule has 152 valence electrons. The second kappa shape index (κ2) is 4.44. The molecule has 1 N–H and O–H groups in total. The van der Waals surface area contributed by atoms with E-state index in [2.05, 4.69) is 92.2 Å². The van der Waals surface area contributed by atoms with Gasteiger partial charge in [-0.15, -0.1) is 24.8 Å². The van der Waals surface area contributed by atoms with Gasteiger partial charge in [-0.25, -0.2) is 0 Å². The van der Waals surface area contributed by atoms with Crippen molar-refractivity contribution in [2.45, 2.75) is 64.0 Å². The Labute approximate surface area is 166 Å². The molecule has 1 aromatic carbocycles. The van der Waals surface area contributed by atoms with Gasteiger partial charge < -0.3 is 0 Å². The number of rotatable bonds is 6. The van der Waals surface area contributed by atoms with Crippen molar-refractivity contribution in [3.8, 4) is 0 Å². The van der Waals surface area contributed by atoms with E-state index in [-0.39, 0.29) is 24.8 Å². The van der Waals surface area contributed by atoms with Crippen LogP contribution in [0, 0.1) is 0 Å². The van der Waals surface area contributed by atoms with Gasteiger partial charge in [-0.3, -0.25) is 0 Å². The van der Waals surface area contributed by atoms with Crippen LogP contribution in [0.25, 0.3) is 0 Å². The minimum absolute atomic E-state index is 0. The van der Waals surface area contributed by atoms with E-state index in [1.165, 1.54) is 34.4 Å². The standard InChI is InChI=1S/C10H14N.C5H5.6CH3.2ClH.H2Si.Ti/c1-2-3-4-9-5-7-10(11)8-6-9;1-2-4-5-3-1;;;;;;;;;;/h5-8,11H,2-4H2,1H3;1-3H,4H2;6*1H3;2*1H;1H2;/q-1;;;;;;;;;;;+1. The summed E-state index contributed by atoms with van der Waals surface area (Å²) in [5, 5.41) is 15.1. The van der Waals surface area contributed by atoms with E-state index in [1.807, 2.05) is 0 Å². The van der Waals surface area contributed by atoms with Crippen molar-refractivity contribution < 1.29 is 9.17 Å². The first-order chi connectivity index (χ1) is 10.2. The summed E-state index contributed by atoms with van der Waals surface area (Å²) in [7, 11) is -2.78. The number of nitrogens with one attached hydrogen (secondary N) is 1. The molecule has 1 nitrogen and oxygen atoms in total. The first-order valence-electron chi connectivity index (χ1n) is 9.70. The number of benzene rings is 1. The summed E-state index contributed by atoms with van der Waals surface area (Å²) in [6.07, 6.45) is 11.6. The summed E-state index contributed by atoms with van der Waals surface area (Å²) in [5.41, 5.74) is 2.66. The smallest absolute Gasteiger partial charge is 0.147 e. The van der Waals surface area contributed by atoms with Crippen LogP contribution in [-0.4, -0.2) is 7.63 Å². The molecule has 0 radical (unpaired) electrons. The SMILES string of the molecule is CCCCc1ccc([NH][Ti]([CH3])([CH3])([CH3])([CH3])([CH3])([CH3])(=[SiH2])[C]2=CC=CC2)cc1.Cl.Cl. The molecule has 5 heteroatoms. The third kappa shape index (κ3) is 5.75. The van der Waals surface area contributed by atoms with Crippen LogP contribution in [-0.2, 0) is 15.6 Å². The molecule has 1 aliphatic rings. The van der Waals surface area contributed by atoms with Crippen LogP contribution >= 0.6 is 24.8 Å². The molecule has 0 amide bonds. The van der Waals surface area contributed by atoms with Crippen LogP contribution < -0.4 is 3.80 Å². The first-order valence-corrected chi connectivity index (χ1v) is 24.7. The summed E-state index contributed by atoms with van der Waals surface area (Å²) in [6, 6.07) is 9.12. The van der Waals surface area contributed by atoms with Crippen LogP contribution in [0.3, 0.4) is 0 Å². The van der Waals surface area contributed by atoms with Crippen LogP contribution in [0.1, 0.15) is 31.7 Å². The number of anilines is 1. The summed E-state index contributed by atoms with van der Waals surface area (Å²) in [4.78, 5) is 0. The minimum atomic E-state index is -5.00. The molecule has 0 heterocycles. The second-order valence-corrected chi connectivity index (χ2v) is 80.1. The number of allylic oxidation sites excluding steroid dienone is 4. The van der Waals surface area contributed by atoms with Gasteiger partial charge in [-0.1, -0.05) is 0 Å². The van der Waals surface area contributed by atoms with Crippen molar-refractivity contribution in [3.05, 3.63) is 51.9 Å². The molecule has 0 saturated carbocycles.